The van der Waals surface area contributed by atoms with Gasteiger partial charge in [0.1, 0.15) is 12.4 Å². The molecule has 0 saturated heterocycles. The molecule has 2 N–H and O–H groups in total. The van der Waals surface area contributed by atoms with Crippen molar-refractivity contribution in [3.8, 4) is 22.6 Å². The summed E-state index contributed by atoms with van der Waals surface area (Å²) in [6.45, 7) is 0.651. The third-order valence-electron chi connectivity index (χ3n) is 2.73. The van der Waals surface area contributed by atoms with Crippen molar-refractivity contribution in [2.24, 2.45) is 5.73 Å². The molecular formula is C15H16FNO2. The van der Waals surface area contributed by atoms with Gasteiger partial charge in [-0.25, -0.2) is 4.39 Å². The van der Waals surface area contributed by atoms with Crippen LogP contribution in [0.1, 0.15) is 0 Å². The Hall–Kier alpha value is -2.07. The van der Waals surface area contributed by atoms with Crippen molar-refractivity contribution in [3.63, 3.8) is 0 Å². The van der Waals surface area contributed by atoms with Crippen LogP contribution in [0.4, 0.5) is 4.39 Å². The molecule has 2 aromatic rings. The minimum absolute atomic E-state index is 0.212. The topological polar surface area (TPSA) is 44.5 Å². The SMILES string of the molecule is COc1ccccc1-c1ccc(OCCN)c(F)c1. The summed E-state index contributed by atoms with van der Waals surface area (Å²) in [7, 11) is 1.59. The molecule has 2 aromatic carbocycles. The minimum Gasteiger partial charge on any atom is -0.496 e. The number of ether oxygens (including phenoxy) is 2. The van der Waals surface area contributed by atoms with Gasteiger partial charge in [0.2, 0.25) is 0 Å². The molecule has 0 saturated carbocycles. The third-order valence-corrected chi connectivity index (χ3v) is 2.73. The fraction of sp³-hybridized carbons (Fsp3) is 0.200. The molecule has 0 fully saturated rings. The summed E-state index contributed by atoms with van der Waals surface area (Å²) in [6.07, 6.45) is 0. The lowest BCUT2D eigenvalue weighted by atomic mass is 10.0. The van der Waals surface area contributed by atoms with Crippen LogP contribution in [0.15, 0.2) is 42.5 Å². The summed E-state index contributed by atoms with van der Waals surface area (Å²) in [4.78, 5) is 0. The van der Waals surface area contributed by atoms with Gasteiger partial charge >= 0.3 is 0 Å². The molecule has 2 rings (SSSR count). The monoisotopic (exact) mass is 261 g/mol. The smallest absolute Gasteiger partial charge is 0.165 e. The van der Waals surface area contributed by atoms with E-state index in [0.29, 0.717) is 18.9 Å². The predicted molar refractivity (Wildman–Crippen MR) is 72.9 cm³/mol. The first kappa shape index (κ1) is 13.4. The lowest BCUT2D eigenvalue weighted by Gasteiger charge is -2.10. The molecule has 0 radical (unpaired) electrons. The zero-order chi connectivity index (χ0) is 13.7. The lowest BCUT2D eigenvalue weighted by molar-refractivity contribution is 0.311. The first-order valence-corrected chi connectivity index (χ1v) is 6.02. The highest BCUT2D eigenvalue weighted by Crippen LogP contribution is 2.32. The molecule has 0 amide bonds. The zero-order valence-electron chi connectivity index (χ0n) is 10.7. The Morgan fingerprint density at radius 3 is 2.58 bits per heavy atom. The largest absolute Gasteiger partial charge is 0.496 e. The highest BCUT2D eigenvalue weighted by Gasteiger charge is 2.09. The zero-order valence-corrected chi connectivity index (χ0v) is 10.7. The summed E-state index contributed by atoms with van der Waals surface area (Å²) in [5, 5.41) is 0. The Kier molecular flexibility index (Phi) is 4.36. The van der Waals surface area contributed by atoms with Gasteiger partial charge in [-0.15, -0.1) is 0 Å². The van der Waals surface area contributed by atoms with E-state index in [1.165, 1.54) is 6.07 Å². The Labute approximate surface area is 111 Å². The molecule has 0 bridgehead atoms. The van der Waals surface area contributed by atoms with Crippen LogP contribution in [-0.2, 0) is 0 Å². The number of benzene rings is 2. The number of halogens is 1. The van der Waals surface area contributed by atoms with Crippen LogP contribution in [0.2, 0.25) is 0 Å². The summed E-state index contributed by atoms with van der Waals surface area (Å²) < 4.78 is 24.4. The van der Waals surface area contributed by atoms with Crippen molar-refractivity contribution in [3.05, 3.63) is 48.3 Å². The Bertz CT molecular complexity index is 558. The summed E-state index contributed by atoms with van der Waals surface area (Å²) in [5.41, 5.74) is 6.91. The van der Waals surface area contributed by atoms with Crippen molar-refractivity contribution in [2.75, 3.05) is 20.3 Å². The van der Waals surface area contributed by atoms with E-state index in [2.05, 4.69) is 0 Å². The first-order valence-electron chi connectivity index (χ1n) is 6.02. The van der Waals surface area contributed by atoms with Gasteiger partial charge in [-0.3, -0.25) is 0 Å². The van der Waals surface area contributed by atoms with Gasteiger partial charge in [0, 0.05) is 12.1 Å². The lowest BCUT2D eigenvalue weighted by Crippen LogP contribution is -2.11. The summed E-state index contributed by atoms with van der Waals surface area (Å²) in [6, 6.07) is 12.3. The van der Waals surface area contributed by atoms with Crippen LogP contribution in [0, 0.1) is 5.82 Å². The maximum absolute atomic E-state index is 13.9. The number of hydrogen-bond donors (Lipinski definition) is 1. The fourth-order valence-electron chi connectivity index (χ4n) is 1.84. The van der Waals surface area contributed by atoms with Crippen molar-refractivity contribution in [1.29, 1.82) is 0 Å². The van der Waals surface area contributed by atoms with Crippen LogP contribution in [-0.4, -0.2) is 20.3 Å². The second-order valence-electron chi connectivity index (χ2n) is 3.98. The average Bonchev–Trinajstić information content (AvgIpc) is 2.46. The van der Waals surface area contributed by atoms with Gasteiger partial charge in [-0.2, -0.15) is 0 Å². The van der Waals surface area contributed by atoms with Crippen LogP contribution in [0.5, 0.6) is 11.5 Å². The maximum Gasteiger partial charge on any atom is 0.165 e. The number of rotatable bonds is 5. The molecule has 0 heterocycles. The molecule has 0 aromatic heterocycles. The van der Waals surface area contributed by atoms with E-state index in [-0.39, 0.29) is 5.75 Å². The van der Waals surface area contributed by atoms with E-state index in [4.69, 9.17) is 15.2 Å². The van der Waals surface area contributed by atoms with Crippen molar-refractivity contribution < 1.29 is 13.9 Å². The fourth-order valence-corrected chi connectivity index (χ4v) is 1.84. The Morgan fingerprint density at radius 2 is 1.89 bits per heavy atom. The molecule has 4 heteroatoms. The van der Waals surface area contributed by atoms with Crippen LogP contribution in [0.25, 0.3) is 11.1 Å². The van der Waals surface area contributed by atoms with E-state index in [0.717, 1.165) is 11.1 Å². The summed E-state index contributed by atoms with van der Waals surface area (Å²) in [5.74, 6) is 0.512. The van der Waals surface area contributed by atoms with Crippen LogP contribution in [0.3, 0.4) is 0 Å². The second kappa shape index (κ2) is 6.20. The normalized spacial score (nSPS) is 10.3. The Balaban J connectivity index is 2.33. The molecule has 0 atom stereocenters. The average molecular weight is 261 g/mol. The Morgan fingerprint density at radius 1 is 1.11 bits per heavy atom. The number of methoxy groups -OCH3 is 1. The van der Waals surface area contributed by atoms with E-state index >= 15 is 0 Å². The van der Waals surface area contributed by atoms with Crippen molar-refractivity contribution in [2.45, 2.75) is 0 Å². The minimum atomic E-state index is -0.406. The molecule has 0 spiro atoms. The molecule has 0 aliphatic heterocycles. The van der Waals surface area contributed by atoms with Crippen LogP contribution < -0.4 is 15.2 Å². The van der Waals surface area contributed by atoms with E-state index in [1.54, 1.807) is 19.2 Å². The second-order valence-corrected chi connectivity index (χ2v) is 3.98. The predicted octanol–water partition coefficient (Wildman–Crippen LogP) is 2.84. The number of para-hydroxylation sites is 1. The quantitative estimate of drug-likeness (QED) is 0.900. The first-order chi connectivity index (χ1) is 9.26. The van der Waals surface area contributed by atoms with Gasteiger partial charge in [-0.05, 0) is 23.8 Å². The van der Waals surface area contributed by atoms with E-state index < -0.39 is 5.82 Å². The standard InChI is InChI=1S/C15H16FNO2/c1-18-14-5-3-2-4-12(14)11-6-7-15(13(16)10-11)19-9-8-17/h2-7,10H,8-9,17H2,1H3. The molecule has 100 valence electrons. The molecule has 0 unspecified atom stereocenters. The van der Waals surface area contributed by atoms with Gasteiger partial charge in [0.05, 0.1) is 7.11 Å². The molecule has 0 aliphatic rings. The van der Waals surface area contributed by atoms with Gasteiger partial charge in [0.15, 0.2) is 11.6 Å². The maximum atomic E-state index is 13.9. The molecule has 3 nitrogen and oxygen atoms in total. The van der Waals surface area contributed by atoms with Gasteiger partial charge < -0.3 is 15.2 Å². The highest BCUT2D eigenvalue weighted by molar-refractivity contribution is 5.71. The number of hydrogen-bond acceptors (Lipinski definition) is 3. The molecular weight excluding hydrogens is 245 g/mol. The molecule has 19 heavy (non-hydrogen) atoms. The van der Waals surface area contributed by atoms with Crippen molar-refractivity contribution >= 4 is 0 Å². The van der Waals surface area contributed by atoms with Crippen molar-refractivity contribution in [1.82, 2.24) is 0 Å². The highest BCUT2D eigenvalue weighted by atomic mass is 19.1. The number of nitrogens with two attached hydrogens (primary N) is 1. The van der Waals surface area contributed by atoms with Gasteiger partial charge in [-0.1, -0.05) is 24.3 Å². The third kappa shape index (κ3) is 3.03. The molecule has 0 aliphatic carbocycles. The van der Waals surface area contributed by atoms with E-state index in [1.807, 2.05) is 24.3 Å². The van der Waals surface area contributed by atoms with Gasteiger partial charge in [0.25, 0.3) is 0 Å². The van der Waals surface area contributed by atoms with E-state index in [9.17, 15) is 4.39 Å². The van der Waals surface area contributed by atoms with Crippen LogP contribution >= 0.6 is 0 Å². The summed E-state index contributed by atoms with van der Waals surface area (Å²) >= 11 is 0.